The smallest absolute Gasteiger partial charge is 0.234 e. The molecule has 0 radical (unpaired) electrons. The van der Waals surface area contributed by atoms with Gasteiger partial charge in [0.25, 0.3) is 0 Å². The van der Waals surface area contributed by atoms with Crippen molar-refractivity contribution in [3.8, 4) is 0 Å². The summed E-state index contributed by atoms with van der Waals surface area (Å²) in [6.07, 6.45) is 3.21. The zero-order chi connectivity index (χ0) is 9.15. The van der Waals surface area contributed by atoms with Gasteiger partial charge in [0.05, 0.1) is 6.54 Å². The SMILES string of the molecule is O=C1CNCCC2(CCNCC2)N1. The average molecular weight is 183 g/mol. The lowest BCUT2D eigenvalue weighted by atomic mass is 9.85. The maximum atomic E-state index is 11.4. The molecule has 0 aromatic rings. The number of nitrogens with one attached hydrogen (secondary N) is 3. The molecule has 2 aliphatic rings. The first kappa shape index (κ1) is 8.97. The minimum atomic E-state index is 0.0891. The third-order valence-corrected chi connectivity index (χ3v) is 3.03. The van der Waals surface area contributed by atoms with Crippen LogP contribution in [0, 0.1) is 0 Å². The maximum Gasteiger partial charge on any atom is 0.234 e. The molecule has 0 atom stereocenters. The van der Waals surface area contributed by atoms with Crippen molar-refractivity contribution in [2.75, 3.05) is 26.2 Å². The Morgan fingerprint density at radius 1 is 1.00 bits per heavy atom. The maximum absolute atomic E-state index is 11.4. The Kier molecular flexibility index (Phi) is 2.51. The van der Waals surface area contributed by atoms with E-state index in [0.29, 0.717) is 6.54 Å². The largest absolute Gasteiger partial charge is 0.349 e. The number of piperidine rings is 1. The molecule has 4 heteroatoms. The molecule has 1 amide bonds. The van der Waals surface area contributed by atoms with Crippen LogP contribution in [0.4, 0.5) is 0 Å². The number of hydrogen-bond acceptors (Lipinski definition) is 3. The highest BCUT2D eigenvalue weighted by Gasteiger charge is 2.34. The van der Waals surface area contributed by atoms with E-state index in [1.807, 2.05) is 0 Å². The second-order valence-electron chi connectivity index (χ2n) is 4.01. The fraction of sp³-hybridized carbons (Fsp3) is 0.889. The van der Waals surface area contributed by atoms with Crippen molar-refractivity contribution >= 4 is 5.91 Å². The van der Waals surface area contributed by atoms with Crippen LogP contribution < -0.4 is 16.0 Å². The predicted molar refractivity (Wildman–Crippen MR) is 50.5 cm³/mol. The van der Waals surface area contributed by atoms with E-state index >= 15 is 0 Å². The molecule has 2 saturated heterocycles. The summed E-state index contributed by atoms with van der Waals surface area (Å²) in [5.74, 6) is 0.152. The Hall–Kier alpha value is -0.610. The third-order valence-electron chi connectivity index (χ3n) is 3.03. The molecular formula is C9H17N3O. The molecule has 2 fully saturated rings. The van der Waals surface area contributed by atoms with E-state index in [1.165, 1.54) is 0 Å². The molecule has 0 saturated carbocycles. The fourth-order valence-electron chi connectivity index (χ4n) is 2.21. The summed E-state index contributed by atoms with van der Waals surface area (Å²) in [7, 11) is 0. The van der Waals surface area contributed by atoms with Crippen LogP contribution in [0.3, 0.4) is 0 Å². The van der Waals surface area contributed by atoms with Crippen molar-refractivity contribution in [3.05, 3.63) is 0 Å². The lowest BCUT2D eigenvalue weighted by molar-refractivity contribution is -0.121. The number of carbonyl (C=O) groups is 1. The number of rotatable bonds is 0. The van der Waals surface area contributed by atoms with E-state index in [4.69, 9.17) is 0 Å². The second kappa shape index (κ2) is 3.64. The summed E-state index contributed by atoms with van der Waals surface area (Å²) in [5.41, 5.74) is 0.0891. The molecule has 0 bridgehead atoms. The van der Waals surface area contributed by atoms with Crippen molar-refractivity contribution in [1.82, 2.24) is 16.0 Å². The minimum Gasteiger partial charge on any atom is -0.349 e. The molecule has 2 rings (SSSR count). The van der Waals surface area contributed by atoms with Gasteiger partial charge in [-0.2, -0.15) is 0 Å². The highest BCUT2D eigenvalue weighted by molar-refractivity contribution is 5.79. The molecule has 74 valence electrons. The summed E-state index contributed by atoms with van der Waals surface area (Å²) >= 11 is 0. The second-order valence-corrected chi connectivity index (χ2v) is 4.01. The first-order chi connectivity index (χ1) is 6.31. The molecule has 0 aliphatic carbocycles. The Bertz CT molecular complexity index is 199. The van der Waals surface area contributed by atoms with Crippen molar-refractivity contribution in [3.63, 3.8) is 0 Å². The molecule has 4 nitrogen and oxygen atoms in total. The Balaban J connectivity index is 2.04. The van der Waals surface area contributed by atoms with Crippen LogP contribution in [0.5, 0.6) is 0 Å². The number of amides is 1. The molecular weight excluding hydrogens is 166 g/mol. The van der Waals surface area contributed by atoms with Crippen LogP contribution in [-0.2, 0) is 4.79 Å². The third kappa shape index (κ3) is 2.00. The zero-order valence-electron chi connectivity index (χ0n) is 7.86. The first-order valence-corrected chi connectivity index (χ1v) is 5.03. The van der Waals surface area contributed by atoms with Gasteiger partial charge in [-0.1, -0.05) is 0 Å². The van der Waals surface area contributed by atoms with Crippen molar-refractivity contribution in [2.24, 2.45) is 0 Å². The summed E-state index contributed by atoms with van der Waals surface area (Å²) in [4.78, 5) is 11.4. The van der Waals surface area contributed by atoms with Gasteiger partial charge in [0.1, 0.15) is 0 Å². The van der Waals surface area contributed by atoms with E-state index in [1.54, 1.807) is 0 Å². The van der Waals surface area contributed by atoms with Gasteiger partial charge in [-0.3, -0.25) is 4.79 Å². The molecule has 2 aliphatic heterocycles. The lowest BCUT2D eigenvalue weighted by Crippen LogP contribution is -2.54. The number of hydrogen-bond donors (Lipinski definition) is 3. The zero-order valence-corrected chi connectivity index (χ0v) is 7.86. The van der Waals surface area contributed by atoms with Gasteiger partial charge < -0.3 is 16.0 Å². The number of carbonyl (C=O) groups excluding carboxylic acids is 1. The summed E-state index contributed by atoms with van der Waals surface area (Å²) in [5, 5.41) is 9.61. The van der Waals surface area contributed by atoms with E-state index in [2.05, 4.69) is 16.0 Å². The van der Waals surface area contributed by atoms with Crippen LogP contribution in [-0.4, -0.2) is 37.6 Å². The average Bonchev–Trinajstić information content (AvgIpc) is 2.29. The molecule has 3 N–H and O–H groups in total. The fourth-order valence-corrected chi connectivity index (χ4v) is 2.21. The van der Waals surface area contributed by atoms with Gasteiger partial charge in [0.2, 0.25) is 5.91 Å². The van der Waals surface area contributed by atoms with E-state index < -0.39 is 0 Å². The molecule has 13 heavy (non-hydrogen) atoms. The predicted octanol–water partition coefficient (Wildman–Crippen LogP) is -0.782. The lowest BCUT2D eigenvalue weighted by Gasteiger charge is -2.37. The van der Waals surface area contributed by atoms with Crippen molar-refractivity contribution in [2.45, 2.75) is 24.8 Å². The highest BCUT2D eigenvalue weighted by Crippen LogP contribution is 2.22. The summed E-state index contributed by atoms with van der Waals surface area (Å²) < 4.78 is 0. The van der Waals surface area contributed by atoms with Crippen LogP contribution in [0.2, 0.25) is 0 Å². The summed E-state index contributed by atoms with van der Waals surface area (Å²) in [6, 6.07) is 0. The van der Waals surface area contributed by atoms with Gasteiger partial charge in [-0.05, 0) is 38.9 Å². The standard InChI is InChI=1S/C9H17N3O/c13-8-7-11-6-3-9(12-8)1-4-10-5-2-9/h10-11H,1-7H2,(H,12,13). The topological polar surface area (TPSA) is 53.2 Å². The van der Waals surface area contributed by atoms with Crippen LogP contribution in [0.25, 0.3) is 0 Å². The van der Waals surface area contributed by atoms with Crippen LogP contribution in [0.15, 0.2) is 0 Å². The van der Waals surface area contributed by atoms with Crippen LogP contribution in [0.1, 0.15) is 19.3 Å². The van der Waals surface area contributed by atoms with Crippen molar-refractivity contribution < 1.29 is 4.79 Å². The first-order valence-electron chi connectivity index (χ1n) is 5.03. The Morgan fingerprint density at radius 2 is 1.62 bits per heavy atom. The molecule has 1 spiro atoms. The van der Waals surface area contributed by atoms with Crippen LogP contribution >= 0.6 is 0 Å². The van der Waals surface area contributed by atoms with E-state index in [-0.39, 0.29) is 11.4 Å². The van der Waals surface area contributed by atoms with E-state index in [0.717, 1.165) is 38.9 Å². The highest BCUT2D eigenvalue weighted by atomic mass is 16.2. The summed E-state index contributed by atoms with van der Waals surface area (Å²) in [6.45, 7) is 3.49. The van der Waals surface area contributed by atoms with Gasteiger partial charge in [0.15, 0.2) is 0 Å². The van der Waals surface area contributed by atoms with Gasteiger partial charge in [-0.25, -0.2) is 0 Å². The van der Waals surface area contributed by atoms with E-state index in [9.17, 15) is 4.79 Å². The monoisotopic (exact) mass is 183 g/mol. The van der Waals surface area contributed by atoms with Gasteiger partial charge in [0, 0.05) is 5.54 Å². The Labute approximate surface area is 78.5 Å². The van der Waals surface area contributed by atoms with Gasteiger partial charge >= 0.3 is 0 Å². The minimum absolute atomic E-state index is 0.0891. The van der Waals surface area contributed by atoms with Crippen molar-refractivity contribution in [1.29, 1.82) is 0 Å². The normalized spacial score (nSPS) is 28.2. The molecule has 2 heterocycles. The molecule has 0 unspecified atom stereocenters. The Morgan fingerprint density at radius 3 is 2.31 bits per heavy atom. The molecule has 0 aromatic heterocycles. The quantitative estimate of drug-likeness (QED) is 0.462. The molecule has 0 aromatic carbocycles. The van der Waals surface area contributed by atoms with Gasteiger partial charge in [-0.15, -0.1) is 0 Å².